The van der Waals surface area contributed by atoms with Crippen molar-refractivity contribution >= 4 is 19.0 Å². The fourth-order valence-corrected chi connectivity index (χ4v) is 3.67. The predicted molar refractivity (Wildman–Crippen MR) is 65.8 cm³/mol. The first-order chi connectivity index (χ1) is 8.18. The smallest absolute Gasteiger partial charge is 0.388 e. The summed E-state index contributed by atoms with van der Waals surface area (Å²) in [6, 6.07) is 5.76. The molecule has 0 amide bonds. The van der Waals surface area contributed by atoms with Crippen molar-refractivity contribution in [2.24, 2.45) is 0 Å². The van der Waals surface area contributed by atoms with Crippen LogP contribution in [-0.2, 0) is 4.74 Å². The summed E-state index contributed by atoms with van der Waals surface area (Å²) in [5.41, 5.74) is -0.309. The molecule has 0 heterocycles. The van der Waals surface area contributed by atoms with Gasteiger partial charge in [-0.15, -0.1) is 0 Å². The number of hydrogen-bond acceptors (Lipinski definition) is 2. The first kappa shape index (κ1) is 14.9. The lowest BCUT2D eigenvalue weighted by Gasteiger charge is -2.22. The first-order valence-electron chi connectivity index (χ1n) is 5.39. The van der Waals surface area contributed by atoms with Crippen LogP contribution in [0.25, 0.3) is 0 Å². The van der Waals surface area contributed by atoms with Gasteiger partial charge >= 0.3 is 6.18 Å². The lowest BCUT2D eigenvalue weighted by atomic mass is 10.1. The van der Waals surface area contributed by atoms with E-state index >= 15 is 0 Å². The minimum atomic E-state index is -4.83. The monoisotopic (exact) mass is 276 g/mol. The number of benzene rings is 1. The molecule has 0 saturated heterocycles. The lowest BCUT2D eigenvalue weighted by molar-refractivity contribution is -0.0885. The van der Waals surface area contributed by atoms with Crippen LogP contribution < -0.4 is 5.19 Å². The van der Waals surface area contributed by atoms with E-state index in [1.54, 1.807) is 13.2 Å². The molecule has 0 saturated carbocycles. The van der Waals surface area contributed by atoms with E-state index in [9.17, 15) is 18.0 Å². The van der Waals surface area contributed by atoms with Crippen LogP contribution in [0.4, 0.5) is 13.2 Å². The topological polar surface area (TPSA) is 26.3 Å². The Bertz CT molecular complexity index is 441. The molecule has 6 heteroatoms. The molecule has 0 atom stereocenters. The maximum atomic E-state index is 12.3. The fourth-order valence-electron chi connectivity index (χ4n) is 1.69. The maximum Gasteiger partial charge on any atom is 0.454 e. The van der Waals surface area contributed by atoms with Crippen molar-refractivity contribution in [1.29, 1.82) is 0 Å². The summed E-state index contributed by atoms with van der Waals surface area (Å²) in [6.45, 7) is 3.96. The Morgan fingerprint density at radius 2 is 1.94 bits per heavy atom. The molecule has 0 spiro atoms. The van der Waals surface area contributed by atoms with Gasteiger partial charge in [-0.3, -0.25) is 4.79 Å². The van der Waals surface area contributed by atoms with Gasteiger partial charge in [-0.05, 0) is 0 Å². The number of hydrogen-bond donors (Lipinski definition) is 0. The van der Waals surface area contributed by atoms with Gasteiger partial charge in [-0.25, -0.2) is 0 Å². The number of halogens is 3. The minimum absolute atomic E-state index is 0.309. The molecule has 0 bridgehead atoms. The highest BCUT2D eigenvalue weighted by Gasteiger charge is 2.39. The molecule has 1 rings (SSSR count). The maximum absolute atomic E-state index is 12.3. The number of ketones is 1. The Balaban J connectivity index is 3.11. The van der Waals surface area contributed by atoms with Crippen LogP contribution in [0.2, 0.25) is 13.1 Å². The van der Waals surface area contributed by atoms with Crippen LogP contribution in [0.5, 0.6) is 0 Å². The zero-order valence-electron chi connectivity index (χ0n) is 10.5. The summed E-state index contributed by atoms with van der Waals surface area (Å²) < 4.78 is 42.1. The highest BCUT2D eigenvalue weighted by Crippen LogP contribution is 2.21. The second-order valence-corrected chi connectivity index (χ2v) is 9.36. The number of methoxy groups -OCH3 is 1. The molecule has 1 aromatic carbocycles. The zero-order chi connectivity index (χ0) is 14.0. The third-order valence-corrected chi connectivity index (χ3v) is 5.55. The standard InChI is InChI=1S/C12H15F3O2Si/c1-17-8-18(2,3)10-6-4-5-9(7-10)11(16)12(13,14)15/h4-7H,8H2,1-3H3. The van der Waals surface area contributed by atoms with Gasteiger partial charge < -0.3 is 4.74 Å². The van der Waals surface area contributed by atoms with Gasteiger partial charge in [0.2, 0.25) is 0 Å². The average molecular weight is 276 g/mol. The summed E-state index contributed by atoms with van der Waals surface area (Å²) in [4.78, 5) is 11.2. The van der Waals surface area contributed by atoms with Gasteiger partial charge in [0.1, 0.15) is 8.07 Å². The van der Waals surface area contributed by atoms with Gasteiger partial charge in [0, 0.05) is 18.9 Å². The third-order valence-electron chi connectivity index (χ3n) is 2.67. The van der Waals surface area contributed by atoms with Gasteiger partial charge in [-0.1, -0.05) is 42.5 Å². The molecular weight excluding hydrogens is 261 g/mol. The van der Waals surface area contributed by atoms with Crippen LogP contribution in [0.1, 0.15) is 10.4 Å². The highest BCUT2D eigenvalue weighted by atomic mass is 28.3. The Morgan fingerprint density at radius 1 is 1.33 bits per heavy atom. The van der Waals surface area contributed by atoms with Crippen LogP contribution in [-0.4, -0.2) is 33.4 Å². The van der Waals surface area contributed by atoms with Crippen LogP contribution in [0.3, 0.4) is 0 Å². The Labute approximate surface area is 105 Å². The van der Waals surface area contributed by atoms with E-state index in [2.05, 4.69) is 0 Å². The zero-order valence-corrected chi connectivity index (χ0v) is 11.5. The lowest BCUT2D eigenvalue weighted by Crippen LogP contribution is -2.46. The molecule has 0 aromatic heterocycles. The molecule has 0 fully saturated rings. The molecule has 0 radical (unpaired) electrons. The van der Waals surface area contributed by atoms with Crippen molar-refractivity contribution < 1.29 is 22.7 Å². The quantitative estimate of drug-likeness (QED) is 0.624. The molecule has 0 N–H and O–H groups in total. The Kier molecular flexibility index (Phi) is 4.34. The van der Waals surface area contributed by atoms with E-state index in [0.29, 0.717) is 6.23 Å². The number of alkyl halides is 3. The molecule has 0 aliphatic rings. The largest absolute Gasteiger partial charge is 0.454 e. The minimum Gasteiger partial charge on any atom is -0.388 e. The van der Waals surface area contributed by atoms with Gasteiger partial charge in [0.05, 0.1) is 0 Å². The van der Waals surface area contributed by atoms with E-state index in [0.717, 1.165) is 5.19 Å². The van der Waals surface area contributed by atoms with E-state index in [1.165, 1.54) is 18.2 Å². The number of ether oxygens (including phenoxy) is 1. The summed E-state index contributed by atoms with van der Waals surface area (Å²) in [5, 5.41) is 0.777. The molecule has 18 heavy (non-hydrogen) atoms. The highest BCUT2D eigenvalue weighted by molar-refractivity contribution is 6.89. The summed E-state index contributed by atoms with van der Waals surface area (Å²) in [6.07, 6.45) is -4.33. The normalized spacial score (nSPS) is 12.6. The summed E-state index contributed by atoms with van der Waals surface area (Å²) in [7, 11) is -0.403. The van der Waals surface area contributed by atoms with Gasteiger partial charge in [-0.2, -0.15) is 13.2 Å². The number of carbonyl (C=O) groups is 1. The second kappa shape index (κ2) is 5.24. The molecule has 100 valence electrons. The van der Waals surface area contributed by atoms with Crippen molar-refractivity contribution in [2.75, 3.05) is 13.3 Å². The first-order valence-corrected chi connectivity index (χ1v) is 8.60. The number of rotatable bonds is 4. The van der Waals surface area contributed by atoms with Crippen molar-refractivity contribution in [3.8, 4) is 0 Å². The second-order valence-electron chi connectivity index (χ2n) is 4.72. The molecule has 0 unspecified atom stereocenters. The molecule has 1 aromatic rings. The van der Waals surface area contributed by atoms with Gasteiger partial charge in [0.25, 0.3) is 5.78 Å². The Hall–Kier alpha value is -1.14. The van der Waals surface area contributed by atoms with E-state index < -0.39 is 20.0 Å². The molecular formula is C12H15F3O2Si. The van der Waals surface area contributed by atoms with Crippen LogP contribution >= 0.6 is 0 Å². The summed E-state index contributed by atoms with van der Waals surface area (Å²) >= 11 is 0. The number of Topliss-reactive ketones (excluding diaryl/α,β-unsaturated/α-hetero) is 1. The van der Waals surface area contributed by atoms with Crippen molar-refractivity contribution in [3.05, 3.63) is 29.8 Å². The summed E-state index contributed by atoms with van der Waals surface area (Å²) in [5.74, 6) is -1.80. The van der Waals surface area contributed by atoms with Crippen molar-refractivity contribution in [1.82, 2.24) is 0 Å². The average Bonchev–Trinajstić information content (AvgIpc) is 2.27. The van der Waals surface area contributed by atoms with Gasteiger partial charge in [0.15, 0.2) is 0 Å². The number of carbonyl (C=O) groups excluding carboxylic acids is 1. The Morgan fingerprint density at radius 3 is 2.44 bits per heavy atom. The van der Waals surface area contributed by atoms with E-state index in [-0.39, 0.29) is 5.56 Å². The molecule has 2 nitrogen and oxygen atoms in total. The SMILES string of the molecule is COC[Si](C)(C)c1cccc(C(=O)C(F)(F)F)c1. The van der Waals surface area contributed by atoms with Crippen LogP contribution in [0, 0.1) is 0 Å². The van der Waals surface area contributed by atoms with E-state index in [4.69, 9.17) is 4.74 Å². The van der Waals surface area contributed by atoms with Crippen molar-refractivity contribution in [2.45, 2.75) is 19.3 Å². The van der Waals surface area contributed by atoms with Crippen molar-refractivity contribution in [3.63, 3.8) is 0 Å². The fraction of sp³-hybridized carbons (Fsp3) is 0.417. The van der Waals surface area contributed by atoms with Crippen LogP contribution in [0.15, 0.2) is 24.3 Å². The molecule has 0 aliphatic carbocycles. The predicted octanol–water partition coefficient (Wildman–Crippen LogP) is 2.53. The van der Waals surface area contributed by atoms with E-state index in [1.807, 2.05) is 13.1 Å². The third kappa shape index (κ3) is 3.43. The molecule has 0 aliphatic heterocycles.